The van der Waals surface area contributed by atoms with Crippen molar-refractivity contribution < 1.29 is 13.7 Å². The first-order valence-electron chi connectivity index (χ1n) is 8.10. The van der Waals surface area contributed by atoms with Gasteiger partial charge in [-0.05, 0) is 49.8 Å². The standard InChI is InChI=1S/C17H20FN3O2/c18-13-4-2-12(3-5-13)16(8-10-22-11-9-16)15-20-14(21-23-15)17(19)6-1-7-17/h2-5H,1,6-11,19H2. The van der Waals surface area contributed by atoms with Crippen LogP contribution in [0.4, 0.5) is 4.39 Å². The molecule has 1 aliphatic carbocycles. The maximum Gasteiger partial charge on any atom is 0.237 e. The second-order valence-electron chi connectivity index (χ2n) is 6.63. The van der Waals surface area contributed by atoms with Gasteiger partial charge in [0.1, 0.15) is 5.82 Å². The molecule has 0 amide bonds. The summed E-state index contributed by atoms with van der Waals surface area (Å²) >= 11 is 0. The van der Waals surface area contributed by atoms with Crippen LogP contribution in [0, 0.1) is 5.82 Å². The lowest BCUT2D eigenvalue weighted by Crippen LogP contribution is -2.44. The minimum absolute atomic E-state index is 0.252. The van der Waals surface area contributed by atoms with E-state index in [9.17, 15) is 4.39 Å². The maximum atomic E-state index is 13.3. The van der Waals surface area contributed by atoms with Gasteiger partial charge in [0.2, 0.25) is 5.89 Å². The predicted molar refractivity (Wildman–Crippen MR) is 81.2 cm³/mol. The van der Waals surface area contributed by atoms with E-state index >= 15 is 0 Å². The van der Waals surface area contributed by atoms with Gasteiger partial charge in [-0.15, -0.1) is 0 Å². The number of aromatic nitrogens is 2. The quantitative estimate of drug-likeness (QED) is 0.942. The van der Waals surface area contributed by atoms with Gasteiger partial charge >= 0.3 is 0 Å². The minimum Gasteiger partial charge on any atom is -0.381 e. The average Bonchev–Trinajstić information content (AvgIpc) is 3.05. The monoisotopic (exact) mass is 317 g/mol. The van der Waals surface area contributed by atoms with Crippen molar-refractivity contribution in [3.63, 3.8) is 0 Å². The number of rotatable bonds is 3. The molecule has 1 aromatic carbocycles. The number of hydrogen-bond acceptors (Lipinski definition) is 5. The topological polar surface area (TPSA) is 74.2 Å². The molecule has 1 aliphatic heterocycles. The smallest absolute Gasteiger partial charge is 0.237 e. The highest BCUT2D eigenvalue weighted by atomic mass is 19.1. The molecule has 0 spiro atoms. The van der Waals surface area contributed by atoms with Crippen LogP contribution in [0.15, 0.2) is 28.8 Å². The van der Waals surface area contributed by atoms with Crippen molar-refractivity contribution in [3.8, 4) is 0 Å². The van der Waals surface area contributed by atoms with Gasteiger partial charge in [0, 0.05) is 13.2 Å². The predicted octanol–water partition coefficient (Wildman–Crippen LogP) is 2.64. The van der Waals surface area contributed by atoms with Crippen LogP contribution in [-0.4, -0.2) is 23.4 Å². The van der Waals surface area contributed by atoms with Gasteiger partial charge in [-0.1, -0.05) is 17.3 Å². The summed E-state index contributed by atoms with van der Waals surface area (Å²) in [5.74, 6) is 0.906. The Labute approximate surface area is 134 Å². The van der Waals surface area contributed by atoms with Crippen molar-refractivity contribution in [3.05, 3.63) is 47.4 Å². The summed E-state index contributed by atoms with van der Waals surface area (Å²) in [4.78, 5) is 4.65. The molecular weight excluding hydrogens is 297 g/mol. The maximum absolute atomic E-state index is 13.3. The van der Waals surface area contributed by atoms with Gasteiger partial charge in [0.05, 0.1) is 11.0 Å². The number of ether oxygens (including phenoxy) is 1. The molecule has 5 nitrogen and oxygen atoms in total. The summed E-state index contributed by atoms with van der Waals surface area (Å²) in [5, 5.41) is 4.15. The number of hydrogen-bond donors (Lipinski definition) is 1. The molecule has 2 aliphatic rings. The first-order chi connectivity index (χ1) is 11.1. The van der Waals surface area contributed by atoms with Crippen LogP contribution in [0.3, 0.4) is 0 Å². The van der Waals surface area contributed by atoms with Gasteiger partial charge in [0.25, 0.3) is 0 Å². The summed E-state index contributed by atoms with van der Waals surface area (Å²) in [5.41, 5.74) is 6.43. The molecule has 0 radical (unpaired) electrons. The lowest BCUT2D eigenvalue weighted by atomic mass is 9.73. The van der Waals surface area contributed by atoms with Crippen LogP contribution in [0.1, 0.15) is 49.4 Å². The number of halogens is 1. The fourth-order valence-electron chi connectivity index (χ4n) is 3.52. The van der Waals surface area contributed by atoms with E-state index in [1.54, 1.807) is 12.1 Å². The van der Waals surface area contributed by atoms with E-state index < -0.39 is 11.0 Å². The van der Waals surface area contributed by atoms with Crippen LogP contribution in [0.25, 0.3) is 0 Å². The van der Waals surface area contributed by atoms with Gasteiger partial charge < -0.3 is 15.0 Å². The zero-order chi connectivity index (χ0) is 15.9. The number of nitrogens with zero attached hydrogens (tertiary/aromatic N) is 2. The Kier molecular flexibility index (Phi) is 3.46. The molecule has 2 aromatic rings. The molecule has 1 saturated heterocycles. The molecule has 0 bridgehead atoms. The second kappa shape index (κ2) is 5.39. The van der Waals surface area contributed by atoms with Crippen LogP contribution < -0.4 is 5.73 Å². The zero-order valence-corrected chi connectivity index (χ0v) is 12.9. The lowest BCUT2D eigenvalue weighted by Gasteiger charge is -2.35. The van der Waals surface area contributed by atoms with Crippen LogP contribution in [0.5, 0.6) is 0 Å². The van der Waals surface area contributed by atoms with Gasteiger partial charge in [-0.25, -0.2) is 4.39 Å². The molecule has 1 aromatic heterocycles. The summed E-state index contributed by atoms with van der Waals surface area (Å²) in [7, 11) is 0. The minimum atomic E-state index is -0.448. The van der Waals surface area contributed by atoms with E-state index in [0.717, 1.165) is 37.7 Å². The number of benzene rings is 1. The second-order valence-corrected chi connectivity index (χ2v) is 6.63. The van der Waals surface area contributed by atoms with Crippen molar-refractivity contribution in [2.24, 2.45) is 5.73 Å². The third kappa shape index (κ3) is 2.37. The van der Waals surface area contributed by atoms with E-state index in [-0.39, 0.29) is 5.82 Å². The van der Waals surface area contributed by atoms with E-state index in [4.69, 9.17) is 15.0 Å². The molecule has 23 heavy (non-hydrogen) atoms. The molecule has 2 heterocycles. The van der Waals surface area contributed by atoms with E-state index in [2.05, 4.69) is 10.1 Å². The van der Waals surface area contributed by atoms with Crippen molar-refractivity contribution in [1.29, 1.82) is 0 Å². The van der Waals surface area contributed by atoms with E-state index in [1.807, 2.05) is 0 Å². The molecule has 2 N–H and O–H groups in total. The van der Waals surface area contributed by atoms with Gasteiger partial charge in [-0.2, -0.15) is 4.98 Å². The van der Waals surface area contributed by atoms with Crippen LogP contribution in [0.2, 0.25) is 0 Å². The van der Waals surface area contributed by atoms with E-state index in [0.29, 0.717) is 24.9 Å². The highest BCUT2D eigenvalue weighted by Crippen LogP contribution is 2.43. The molecule has 6 heteroatoms. The Morgan fingerprint density at radius 1 is 1.04 bits per heavy atom. The number of nitrogens with two attached hydrogens (primary N) is 1. The molecule has 1 saturated carbocycles. The van der Waals surface area contributed by atoms with Crippen molar-refractivity contribution in [2.45, 2.75) is 43.1 Å². The third-order valence-electron chi connectivity index (χ3n) is 5.27. The summed E-state index contributed by atoms with van der Waals surface area (Å²) < 4.78 is 24.4. The van der Waals surface area contributed by atoms with Gasteiger partial charge in [-0.3, -0.25) is 0 Å². The first kappa shape index (κ1) is 14.8. The summed E-state index contributed by atoms with van der Waals surface area (Å²) in [6.45, 7) is 1.23. The molecular formula is C17H20FN3O2. The Bertz CT molecular complexity index is 688. The summed E-state index contributed by atoms with van der Waals surface area (Å²) in [6.07, 6.45) is 4.34. The average molecular weight is 317 g/mol. The Balaban J connectivity index is 1.75. The van der Waals surface area contributed by atoms with Crippen molar-refractivity contribution in [2.75, 3.05) is 13.2 Å². The van der Waals surface area contributed by atoms with Gasteiger partial charge in [0.15, 0.2) is 5.82 Å². The first-order valence-corrected chi connectivity index (χ1v) is 8.10. The highest BCUT2D eigenvalue weighted by Gasteiger charge is 2.44. The Morgan fingerprint density at radius 2 is 1.74 bits per heavy atom. The Morgan fingerprint density at radius 3 is 2.35 bits per heavy atom. The normalized spacial score (nSPS) is 22.5. The largest absolute Gasteiger partial charge is 0.381 e. The van der Waals surface area contributed by atoms with Crippen LogP contribution in [-0.2, 0) is 15.7 Å². The Hall–Kier alpha value is -1.79. The SMILES string of the molecule is NC1(c2noc(C3(c4ccc(F)cc4)CCOCC3)n2)CCC1. The van der Waals surface area contributed by atoms with Crippen molar-refractivity contribution >= 4 is 0 Å². The fourth-order valence-corrected chi connectivity index (χ4v) is 3.52. The zero-order valence-electron chi connectivity index (χ0n) is 12.9. The van der Waals surface area contributed by atoms with Crippen LogP contribution >= 0.6 is 0 Å². The highest BCUT2D eigenvalue weighted by molar-refractivity contribution is 5.33. The van der Waals surface area contributed by atoms with Crippen molar-refractivity contribution in [1.82, 2.24) is 10.1 Å². The molecule has 4 rings (SSSR count). The fraction of sp³-hybridized carbons (Fsp3) is 0.529. The third-order valence-corrected chi connectivity index (χ3v) is 5.27. The molecule has 0 unspecified atom stereocenters. The summed E-state index contributed by atoms with van der Waals surface area (Å²) in [6, 6.07) is 6.54. The molecule has 122 valence electrons. The molecule has 0 atom stereocenters. The molecule has 2 fully saturated rings. The lowest BCUT2D eigenvalue weighted by molar-refractivity contribution is 0.0523. The van der Waals surface area contributed by atoms with E-state index in [1.165, 1.54) is 12.1 Å².